The molecule has 0 spiro atoms. The quantitative estimate of drug-likeness (QED) is 0.530. The SMILES string of the molecule is Cc1[nH]c(=O)c(C#N)c(C)c1N=Nc1cccc([N+](=O)[O-])c1. The first-order chi connectivity index (χ1) is 10.4. The zero-order valence-corrected chi connectivity index (χ0v) is 11.8. The largest absolute Gasteiger partial charge is 0.323 e. The second-order valence-electron chi connectivity index (χ2n) is 4.52. The Bertz CT molecular complexity index is 877. The maximum absolute atomic E-state index is 11.6. The van der Waals surface area contributed by atoms with Crippen LogP contribution in [-0.2, 0) is 0 Å². The Labute approximate surface area is 124 Å². The molecule has 0 bridgehead atoms. The minimum absolute atomic E-state index is 0.0291. The highest BCUT2D eigenvalue weighted by atomic mass is 16.6. The van der Waals surface area contributed by atoms with Gasteiger partial charge in [0.1, 0.15) is 17.3 Å². The molecule has 0 saturated heterocycles. The molecule has 0 amide bonds. The van der Waals surface area contributed by atoms with Crippen molar-refractivity contribution >= 4 is 17.1 Å². The van der Waals surface area contributed by atoms with Gasteiger partial charge in [-0.2, -0.15) is 10.4 Å². The summed E-state index contributed by atoms with van der Waals surface area (Å²) in [7, 11) is 0. The van der Waals surface area contributed by atoms with Crippen LogP contribution in [0.2, 0.25) is 0 Å². The summed E-state index contributed by atoms with van der Waals surface area (Å²) in [4.78, 5) is 24.3. The smallest absolute Gasteiger partial charge is 0.271 e. The molecule has 0 radical (unpaired) electrons. The fourth-order valence-electron chi connectivity index (χ4n) is 1.92. The molecule has 2 aromatic rings. The van der Waals surface area contributed by atoms with Gasteiger partial charge >= 0.3 is 0 Å². The van der Waals surface area contributed by atoms with Crippen molar-refractivity contribution in [3.63, 3.8) is 0 Å². The number of rotatable bonds is 3. The lowest BCUT2D eigenvalue weighted by Crippen LogP contribution is -2.13. The van der Waals surface area contributed by atoms with Crippen LogP contribution in [0.15, 0.2) is 39.3 Å². The van der Waals surface area contributed by atoms with Gasteiger partial charge in [-0.25, -0.2) is 0 Å². The van der Waals surface area contributed by atoms with Crippen LogP contribution in [0.25, 0.3) is 0 Å². The topological polar surface area (TPSA) is 125 Å². The van der Waals surface area contributed by atoms with Crippen molar-refractivity contribution in [3.05, 3.63) is 61.6 Å². The number of nitro benzene ring substituents is 1. The third-order valence-corrected chi connectivity index (χ3v) is 3.03. The fraction of sp³-hybridized carbons (Fsp3) is 0.143. The van der Waals surface area contributed by atoms with Crippen molar-refractivity contribution in [2.24, 2.45) is 10.2 Å². The fourth-order valence-corrected chi connectivity index (χ4v) is 1.92. The molecule has 0 aliphatic carbocycles. The molecule has 0 atom stereocenters. The molecule has 110 valence electrons. The molecule has 1 heterocycles. The lowest BCUT2D eigenvalue weighted by Gasteiger charge is -2.04. The molecule has 8 nitrogen and oxygen atoms in total. The lowest BCUT2D eigenvalue weighted by molar-refractivity contribution is -0.384. The van der Waals surface area contributed by atoms with E-state index in [-0.39, 0.29) is 11.3 Å². The van der Waals surface area contributed by atoms with Crippen molar-refractivity contribution in [3.8, 4) is 6.07 Å². The van der Waals surface area contributed by atoms with Gasteiger partial charge in [-0.15, -0.1) is 5.11 Å². The molecule has 0 saturated carbocycles. The maximum Gasteiger partial charge on any atom is 0.271 e. The third-order valence-electron chi connectivity index (χ3n) is 3.03. The van der Waals surface area contributed by atoms with E-state index in [9.17, 15) is 14.9 Å². The number of nitrogens with one attached hydrogen (secondary N) is 1. The summed E-state index contributed by atoms with van der Waals surface area (Å²) in [6, 6.07) is 7.52. The van der Waals surface area contributed by atoms with Crippen LogP contribution in [0.1, 0.15) is 16.8 Å². The molecular formula is C14H11N5O3. The molecule has 8 heteroatoms. The Balaban J connectivity index is 2.47. The Morgan fingerprint density at radius 2 is 2.05 bits per heavy atom. The first-order valence-corrected chi connectivity index (χ1v) is 6.24. The van der Waals surface area contributed by atoms with E-state index in [1.807, 2.05) is 6.07 Å². The van der Waals surface area contributed by atoms with E-state index in [1.165, 1.54) is 18.2 Å². The standard InChI is InChI=1S/C14H11N5O3/c1-8-12(7-15)14(20)16-9(2)13(8)18-17-10-4-3-5-11(6-10)19(21)22/h3-6H,1-2H3,(H,16,20). The Morgan fingerprint density at radius 3 is 2.68 bits per heavy atom. The van der Waals surface area contributed by atoms with E-state index in [1.54, 1.807) is 19.9 Å². The van der Waals surface area contributed by atoms with Gasteiger partial charge in [0.2, 0.25) is 0 Å². The molecule has 0 fully saturated rings. The van der Waals surface area contributed by atoms with E-state index in [2.05, 4.69) is 15.2 Å². The van der Waals surface area contributed by atoms with E-state index in [4.69, 9.17) is 5.26 Å². The first-order valence-electron chi connectivity index (χ1n) is 6.24. The Morgan fingerprint density at radius 1 is 1.32 bits per heavy atom. The highest BCUT2D eigenvalue weighted by molar-refractivity contribution is 5.55. The van der Waals surface area contributed by atoms with Gasteiger partial charge < -0.3 is 4.98 Å². The molecule has 22 heavy (non-hydrogen) atoms. The average molecular weight is 297 g/mol. The normalized spacial score (nSPS) is 10.6. The predicted molar refractivity (Wildman–Crippen MR) is 78.5 cm³/mol. The summed E-state index contributed by atoms with van der Waals surface area (Å²) in [5.74, 6) is 0. The average Bonchev–Trinajstić information content (AvgIpc) is 2.47. The number of nitrogens with zero attached hydrogens (tertiary/aromatic N) is 4. The van der Waals surface area contributed by atoms with Crippen LogP contribution >= 0.6 is 0 Å². The molecule has 1 aromatic heterocycles. The summed E-state index contributed by atoms with van der Waals surface area (Å²) in [5.41, 5.74) is 0.948. The van der Waals surface area contributed by atoms with Crippen LogP contribution in [0.4, 0.5) is 17.1 Å². The number of pyridine rings is 1. The van der Waals surface area contributed by atoms with Crippen molar-refractivity contribution in [1.29, 1.82) is 5.26 Å². The van der Waals surface area contributed by atoms with Crippen molar-refractivity contribution in [2.45, 2.75) is 13.8 Å². The van der Waals surface area contributed by atoms with Gasteiger partial charge in [-0.05, 0) is 19.9 Å². The van der Waals surface area contributed by atoms with Gasteiger partial charge in [-0.1, -0.05) is 6.07 Å². The van der Waals surface area contributed by atoms with E-state index in [0.29, 0.717) is 22.6 Å². The van der Waals surface area contributed by atoms with E-state index < -0.39 is 10.5 Å². The minimum Gasteiger partial charge on any atom is -0.323 e. The highest BCUT2D eigenvalue weighted by Gasteiger charge is 2.12. The number of hydrogen-bond acceptors (Lipinski definition) is 6. The molecule has 0 unspecified atom stereocenters. The summed E-state index contributed by atoms with van der Waals surface area (Å²) in [5, 5.41) is 27.6. The number of hydrogen-bond donors (Lipinski definition) is 1. The minimum atomic E-state index is -0.524. The molecule has 1 N–H and O–H groups in total. The second-order valence-corrected chi connectivity index (χ2v) is 4.52. The number of nitro groups is 1. The van der Waals surface area contributed by atoms with Crippen molar-refractivity contribution in [2.75, 3.05) is 0 Å². The van der Waals surface area contributed by atoms with Crippen LogP contribution in [0, 0.1) is 35.3 Å². The Kier molecular flexibility index (Phi) is 4.08. The summed E-state index contributed by atoms with van der Waals surface area (Å²) < 4.78 is 0. The molecule has 0 aliphatic heterocycles. The number of H-pyrrole nitrogens is 1. The van der Waals surface area contributed by atoms with Gasteiger partial charge in [0, 0.05) is 23.4 Å². The number of non-ortho nitro benzene ring substituents is 1. The van der Waals surface area contributed by atoms with Crippen LogP contribution in [-0.4, -0.2) is 9.91 Å². The summed E-state index contributed by atoms with van der Waals surface area (Å²) in [6.07, 6.45) is 0. The van der Waals surface area contributed by atoms with Crippen LogP contribution in [0.5, 0.6) is 0 Å². The van der Waals surface area contributed by atoms with Gasteiger partial charge in [0.25, 0.3) is 11.2 Å². The molecule has 0 aliphatic rings. The zero-order chi connectivity index (χ0) is 16.3. The number of aromatic amines is 1. The number of benzene rings is 1. The summed E-state index contributed by atoms with van der Waals surface area (Å²) >= 11 is 0. The first kappa shape index (κ1) is 15.1. The van der Waals surface area contributed by atoms with Crippen LogP contribution in [0.3, 0.4) is 0 Å². The van der Waals surface area contributed by atoms with E-state index >= 15 is 0 Å². The number of azo groups is 1. The molecule has 1 aromatic carbocycles. The monoisotopic (exact) mass is 297 g/mol. The zero-order valence-electron chi connectivity index (χ0n) is 11.8. The Hall–Kier alpha value is -3.34. The predicted octanol–water partition coefficient (Wildman–Crippen LogP) is 3.19. The number of nitriles is 1. The maximum atomic E-state index is 11.6. The second kappa shape index (κ2) is 5.97. The molecular weight excluding hydrogens is 286 g/mol. The van der Waals surface area contributed by atoms with Gasteiger partial charge in [0.05, 0.1) is 10.6 Å². The van der Waals surface area contributed by atoms with Gasteiger partial charge in [0.15, 0.2) is 0 Å². The van der Waals surface area contributed by atoms with Gasteiger partial charge in [-0.3, -0.25) is 14.9 Å². The lowest BCUT2D eigenvalue weighted by atomic mass is 10.1. The molecule has 2 rings (SSSR count). The summed E-state index contributed by atoms with van der Waals surface area (Å²) in [6.45, 7) is 3.24. The third kappa shape index (κ3) is 2.88. The number of aromatic nitrogens is 1. The number of aryl methyl sites for hydroxylation is 1. The van der Waals surface area contributed by atoms with Crippen molar-refractivity contribution in [1.82, 2.24) is 4.98 Å². The van der Waals surface area contributed by atoms with E-state index in [0.717, 1.165) is 0 Å². The highest BCUT2D eigenvalue weighted by Crippen LogP contribution is 2.26. The van der Waals surface area contributed by atoms with Crippen LogP contribution < -0.4 is 5.56 Å². The van der Waals surface area contributed by atoms with Crippen molar-refractivity contribution < 1.29 is 4.92 Å².